The SMILES string of the molecule is CCCC(COC)OC.CNc1ccccc1C(N)=NC=O.CO. The topological polar surface area (TPSA) is 106 Å². The van der Waals surface area contributed by atoms with E-state index >= 15 is 0 Å². The number of carbonyl (C=O) groups excluding carboxylic acids is 1. The van der Waals surface area contributed by atoms with Crippen LogP contribution in [0.25, 0.3) is 0 Å². The summed E-state index contributed by atoms with van der Waals surface area (Å²) in [6.45, 7) is 2.85. The summed E-state index contributed by atoms with van der Waals surface area (Å²) in [7, 11) is 6.20. The first-order valence-electron chi connectivity index (χ1n) is 7.65. The summed E-state index contributed by atoms with van der Waals surface area (Å²) < 4.78 is 10.0. The van der Waals surface area contributed by atoms with Crippen molar-refractivity contribution in [2.24, 2.45) is 10.7 Å². The Balaban J connectivity index is 0. The number of aliphatic hydroxyl groups excluding tert-OH is 1. The fourth-order valence-corrected chi connectivity index (χ4v) is 1.83. The highest BCUT2D eigenvalue weighted by Gasteiger charge is 2.03. The number of aliphatic imine (C=N–C) groups is 1. The highest BCUT2D eigenvalue weighted by molar-refractivity contribution is 6.04. The number of nitrogens with zero attached hydrogens (tertiary/aromatic N) is 1. The van der Waals surface area contributed by atoms with Crippen LogP contribution in [0, 0.1) is 0 Å². The molecule has 0 fully saturated rings. The van der Waals surface area contributed by atoms with E-state index in [1.165, 1.54) is 0 Å². The average molecular weight is 341 g/mol. The Bertz CT molecular complexity index is 447. The monoisotopic (exact) mass is 341 g/mol. The Morgan fingerprint density at radius 1 is 1.38 bits per heavy atom. The fourth-order valence-electron chi connectivity index (χ4n) is 1.83. The lowest BCUT2D eigenvalue weighted by Crippen LogP contribution is -2.16. The van der Waals surface area contributed by atoms with Gasteiger partial charge in [0, 0.05) is 39.6 Å². The summed E-state index contributed by atoms with van der Waals surface area (Å²) in [4.78, 5) is 13.6. The number of methoxy groups -OCH3 is 2. The summed E-state index contributed by atoms with van der Waals surface area (Å²) >= 11 is 0. The predicted molar refractivity (Wildman–Crippen MR) is 98.5 cm³/mol. The van der Waals surface area contributed by atoms with Gasteiger partial charge in [-0.1, -0.05) is 25.5 Å². The van der Waals surface area contributed by atoms with Crippen LogP contribution in [-0.2, 0) is 14.3 Å². The zero-order chi connectivity index (χ0) is 18.8. The summed E-state index contributed by atoms with van der Waals surface area (Å²) in [5, 5.41) is 9.96. The van der Waals surface area contributed by atoms with Gasteiger partial charge >= 0.3 is 0 Å². The lowest BCUT2D eigenvalue weighted by Gasteiger charge is -2.11. The number of nitrogens with one attached hydrogen (secondary N) is 1. The molecule has 7 heteroatoms. The van der Waals surface area contributed by atoms with E-state index in [-0.39, 0.29) is 5.84 Å². The second-order valence-electron chi connectivity index (χ2n) is 4.52. The molecule has 1 rings (SSSR count). The van der Waals surface area contributed by atoms with Crippen molar-refractivity contribution in [3.8, 4) is 0 Å². The average Bonchev–Trinajstić information content (AvgIpc) is 2.64. The lowest BCUT2D eigenvalue weighted by atomic mass is 10.1. The number of nitrogens with two attached hydrogens (primary N) is 1. The fraction of sp³-hybridized carbons (Fsp3) is 0.529. The van der Waals surface area contributed by atoms with Gasteiger partial charge in [-0.15, -0.1) is 0 Å². The molecule has 0 radical (unpaired) electrons. The minimum Gasteiger partial charge on any atom is -0.400 e. The van der Waals surface area contributed by atoms with Crippen LogP contribution in [0.15, 0.2) is 29.3 Å². The minimum absolute atomic E-state index is 0.222. The normalized spacial score (nSPS) is 11.3. The molecular weight excluding hydrogens is 310 g/mol. The van der Waals surface area contributed by atoms with E-state index in [0.29, 0.717) is 19.1 Å². The van der Waals surface area contributed by atoms with Crippen LogP contribution in [0.1, 0.15) is 25.3 Å². The number of carbonyl (C=O) groups is 1. The molecule has 1 atom stereocenters. The molecule has 0 aliphatic heterocycles. The van der Waals surface area contributed by atoms with Gasteiger partial charge in [-0.05, 0) is 18.6 Å². The molecule has 0 aliphatic rings. The van der Waals surface area contributed by atoms with Gasteiger partial charge in [-0.25, -0.2) is 0 Å². The van der Waals surface area contributed by atoms with Crippen LogP contribution in [0.4, 0.5) is 5.69 Å². The third kappa shape index (κ3) is 10.7. The van der Waals surface area contributed by atoms with Crippen LogP contribution >= 0.6 is 0 Å². The molecule has 0 aromatic heterocycles. The summed E-state index contributed by atoms with van der Waals surface area (Å²) in [5.74, 6) is 0.222. The zero-order valence-electron chi connectivity index (χ0n) is 15.3. The Hall–Kier alpha value is -1.96. The highest BCUT2D eigenvalue weighted by atomic mass is 16.5. The van der Waals surface area contributed by atoms with Gasteiger partial charge in [-0.2, -0.15) is 4.99 Å². The maximum absolute atomic E-state index is 10.1. The van der Waals surface area contributed by atoms with Crippen molar-refractivity contribution in [1.29, 1.82) is 0 Å². The Kier molecular flexibility index (Phi) is 17.6. The number of benzene rings is 1. The van der Waals surface area contributed by atoms with Crippen LogP contribution < -0.4 is 11.1 Å². The van der Waals surface area contributed by atoms with Gasteiger partial charge in [0.15, 0.2) is 0 Å². The van der Waals surface area contributed by atoms with E-state index in [9.17, 15) is 4.79 Å². The Morgan fingerprint density at radius 3 is 2.46 bits per heavy atom. The van der Waals surface area contributed by atoms with Crippen molar-refractivity contribution in [1.82, 2.24) is 0 Å². The number of rotatable bonds is 8. The third-order valence-corrected chi connectivity index (χ3v) is 2.96. The Morgan fingerprint density at radius 2 is 2.00 bits per heavy atom. The smallest absolute Gasteiger partial charge is 0.234 e. The van der Waals surface area contributed by atoms with Crippen molar-refractivity contribution in [3.63, 3.8) is 0 Å². The summed E-state index contributed by atoms with van der Waals surface area (Å²) in [6, 6.07) is 7.38. The standard InChI is InChI=1S/C9H11N3O.C7H16O2.CH4O/c1-11-8-5-3-2-4-7(8)9(10)12-6-13;1-4-5-7(9-3)6-8-2;1-2/h2-6,11H,1H3,(H2,10,12,13);7H,4-6H2,1-3H3;2H,1H3. The molecule has 0 bridgehead atoms. The van der Waals surface area contributed by atoms with E-state index in [1.54, 1.807) is 27.3 Å². The van der Waals surface area contributed by atoms with Crippen LogP contribution in [0.5, 0.6) is 0 Å². The van der Waals surface area contributed by atoms with Crippen molar-refractivity contribution >= 4 is 17.9 Å². The minimum atomic E-state index is 0.222. The van der Waals surface area contributed by atoms with E-state index in [1.807, 2.05) is 18.2 Å². The molecule has 1 aromatic carbocycles. The molecule has 1 unspecified atom stereocenters. The quantitative estimate of drug-likeness (QED) is 0.377. The first-order chi connectivity index (χ1) is 11.6. The largest absolute Gasteiger partial charge is 0.400 e. The maximum atomic E-state index is 10.1. The number of amides is 1. The molecule has 0 saturated carbocycles. The molecule has 4 N–H and O–H groups in total. The summed E-state index contributed by atoms with van der Waals surface area (Å²) in [5.41, 5.74) is 7.15. The third-order valence-electron chi connectivity index (χ3n) is 2.96. The van der Waals surface area contributed by atoms with E-state index in [4.69, 9.17) is 20.3 Å². The van der Waals surface area contributed by atoms with Crippen LogP contribution in [0.2, 0.25) is 0 Å². The highest BCUT2D eigenvalue weighted by Crippen LogP contribution is 2.13. The molecule has 0 saturated heterocycles. The first kappa shape index (κ1) is 24.3. The molecular formula is C17H31N3O4. The van der Waals surface area contributed by atoms with Crippen LogP contribution in [0.3, 0.4) is 0 Å². The first-order valence-corrected chi connectivity index (χ1v) is 7.65. The second-order valence-corrected chi connectivity index (χ2v) is 4.52. The van der Waals surface area contributed by atoms with E-state index in [2.05, 4.69) is 17.2 Å². The molecule has 24 heavy (non-hydrogen) atoms. The maximum Gasteiger partial charge on any atom is 0.234 e. The van der Waals surface area contributed by atoms with Crippen molar-refractivity contribution < 1.29 is 19.4 Å². The van der Waals surface area contributed by atoms with Gasteiger partial charge in [-0.3, -0.25) is 4.79 Å². The van der Waals surface area contributed by atoms with Crippen molar-refractivity contribution in [2.45, 2.75) is 25.9 Å². The van der Waals surface area contributed by atoms with Gasteiger partial charge < -0.3 is 25.6 Å². The van der Waals surface area contributed by atoms with Gasteiger partial charge in [0.25, 0.3) is 0 Å². The predicted octanol–water partition coefficient (Wildman–Crippen LogP) is 1.65. The van der Waals surface area contributed by atoms with Gasteiger partial charge in [0.2, 0.25) is 6.41 Å². The molecule has 138 valence electrons. The number of ether oxygens (including phenoxy) is 2. The number of hydrogen-bond acceptors (Lipinski definition) is 5. The molecule has 0 heterocycles. The number of hydrogen-bond donors (Lipinski definition) is 3. The summed E-state index contributed by atoms with van der Waals surface area (Å²) in [6.07, 6.45) is 2.97. The Labute approximate surface area is 144 Å². The second kappa shape index (κ2) is 17.4. The van der Waals surface area contributed by atoms with Gasteiger partial charge in [0.1, 0.15) is 5.84 Å². The van der Waals surface area contributed by atoms with Crippen LogP contribution in [-0.4, -0.2) is 58.4 Å². The number of aliphatic hydroxyl groups is 1. The molecule has 7 nitrogen and oxygen atoms in total. The molecule has 1 amide bonds. The van der Waals surface area contributed by atoms with Crippen molar-refractivity contribution in [2.75, 3.05) is 40.3 Å². The molecule has 0 aliphatic carbocycles. The van der Waals surface area contributed by atoms with E-state index < -0.39 is 0 Å². The van der Waals surface area contributed by atoms with E-state index in [0.717, 1.165) is 31.2 Å². The number of anilines is 1. The van der Waals surface area contributed by atoms with Crippen molar-refractivity contribution in [3.05, 3.63) is 29.8 Å². The molecule has 1 aromatic rings. The lowest BCUT2D eigenvalue weighted by molar-refractivity contribution is -0.106. The molecule has 0 spiro atoms. The number of amidine groups is 1. The number of para-hydroxylation sites is 1. The zero-order valence-corrected chi connectivity index (χ0v) is 15.3. The van der Waals surface area contributed by atoms with Gasteiger partial charge in [0.05, 0.1) is 12.7 Å².